The van der Waals surface area contributed by atoms with Crippen molar-refractivity contribution in [2.45, 2.75) is 13.1 Å². The van der Waals surface area contributed by atoms with Crippen LogP contribution in [0.1, 0.15) is 6.92 Å². The first-order valence-electron chi connectivity index (χ1n) is 3.62. The second-order valence-electron chi connectivity index (χ2n) is 2.57. The molecule has 1 unspecified atom stereocenters. The van der Waals surface area contributed by atoms with E-state index in [1.54, 1.807) is 0 Å². The number of halogens is 2. The molecule has 2 N–H and O–H groups in total. The number of allylic oxidation sites excluding steroid dienone is 1. The molecule has 0 bridgehead atoms. The summed E-state index contributed by atoms with van der Waals surface area (Å²) in [5.41, 5.74) is 1.96. The minimum Gasteiger partial charge on any atom is -0.331 e. The third-order valence-electron chi connectivity index (χ3n) is 1.78. The summed E-state index contributed by atoms with van der Waals surface area (Å²) < 4.78 is 1.24. The highest BCUT2D eigenvalue weighted by Crippen LogP contribution is 2.09. The monoisotopic (exact) mass is 297 g/mol. The highest BCUT2D eigenvalue weighted by molar-refractivity contribution is 9.09. The molecule has 1 aliphatic heterocycles. The molecule has 0 saturated heterocycles. The van der Waals surface area contributed by atoms with Crippen molar-refractivity contribution in [1.82, 2.24) is 5.32 Å². The van der Waals surface area contributed by atoms with Crippen molar-refractivity contribution in [2.24, 2.45) is 0 Å². The van der Waals surface area contributed by atoms with E-state index in [9.17, 15) is 5.21 Å². The van der Waals surface area contributed by atoms with Gasteiger partial charge in [0.05, 0.1) is 10.9 Å². The Hall–Kier alpha value is -0.0300. The van der Waals surface area contributed by atoms with E-state index in [-0.39, 0.29) is 6.17 Å². The normalized spacial score (nSPS) is 23.6. The van der Waals surface area contributed by atoms with Crippen LogP contribution in [0.5, 0.6) is 0 Å². The Morgan fingerprint density at radius 3 is 2.75 bits per heavy atom. The van der Waals surface area contributed by atoms with Gasteiger partial charge < -0.3 is 5.32 Å². The van der Waals surface area contributed by atoms with Gasteiger partial charge in [0.2, 0.25) is 5.71 Å². The Morgan fingerprint density at radius 2 is 2.25 bits per heavy atom. The summed E-state index contributed by atoms with van der Waals surface area (Å²) in [6, 6.07) is 0. The molecule has 0 fully saturated rings. The van der Waals surface area contributed by atoms with Crippen LogP contribution < -0.4 is 5.32 Å². The summed E-state index contributed by atoms with van der Waals surface area (Å²) in [6.45, 7) is 1.89. The molecule has 1 rings (SSSR count). The van der Waals surface area contributed by atoms with Crippen LogP contribution in [0.25, 0.3) is 0 Å². The van der Waals surface area contributed by atoms with Crippen molar-refractivity contribution in [3.63, 3.8) is 0 Å². The molecule has 12 heavy (non-hydrogen) atoms. The van der Waals surface area contributed by atoms with E-state index >= 15 is 0 Å². The van der Waals surface area contributed by atoms with Gasteiger partial charge in [-0.2, -0.15) is 0 Å². The number of hydrogen-bond acceptors (Lipinski definition) is 2. The molecule has 1 atom stereocenters. The lowest BCUT2D eigenvalue weighted by Crippen LogP contribution is -2.42. The first kappa shape index (κ1) is 10.1. The van der Waals surface area contributed by atoms with Crippen LogP contribution in [-0.2, 0) is 0 Å². The molecule has 0 aromatic heterocycles. The van der Waals surface area contributed by atoms with Crippen LogP contribution in [0.15, 0.2) is 11.8 Å². The smallest absolute Gasteiger partial charge is 0.271 e. The zero-order valence-electron chi connectivity index (χ0n) is 6.72. The van der Waals surface area contributed by atoms with Crippen LogP contribution in [0.2, 0.25) is 0 Å². The van der Waals surface area contributed by atoms with Gasteiger partial charge in [-0.15, -0.1) is 0 Å². The van der Waals surface area contributed by atoms with Crippen LogP contribution in [0.4, 0.5) is 0 Å². The lowest BCUT2D eigenvalue weighted by Gasteiger charge is -2.14. The molecule has 3 nitrogen and oxygen atoms in total. The van der Waals surface area contributed by atoms with Crippen LogP contribution in [-0.4, -0.2) is 32.5 Å². The first-order valence-corrected chi connectivity index (χ1v) is 5.86. The molecule has 0 saturated carbocycles. The number of nitrogens with one attached hydrogen (secondary N) is 1. The van der Waals surface area contributed by atoms with E-state index in [4.69, 9.17) is 0 Å². The molecular weight excluding hydrogens is 288 g/mol. The highest BCUT2D eigenvalue weighted by Gasteiger charge is 2.27. The summed E-state index contributed by atoms with van der Waals surface area (Å²) in [6.07, 6.45) is 1.86. The Balaban J connectivity index is 2.95. The molecule has 1 heterocycles. The predicted octanol–water partition coefficient (Wildman–Crippen LogP) is 1.45. The van der Waals surface area contributed by atoms with Crippen LogP contribution >= 0.6 is 31.9 Å². The van der Waals surface area contributed by atoms with Gasteiger partial charge in [-0.3, -0.25) is 5.21 Å². The van der Waals surface area contributed by atoms with Gasteiger partial charge in [0.25, 0.3) is 6.17 Å². The fourth-order valence-corrected chi connectivity index (χ4v) is 2.12. The van der Waals surface area contributed by atoms with Crippen molar-refractivity contribution in [3.8, 4) is 0 Å². The average molecular weight is 299 g/mol. The van der Waals surface area contributed by atoms with Gasteiger partial charge in [0.1, 0.15) is 0 Å². The molecule has 0 aliphatic carbocycles. The molecule has 5 heteroatoms. The fourth-order valence-electron chi connectivity index (χ4n) is 1.02. The van der Waals surface area contributed by atoms with Gasteiger partial charge in [-0.25, -0.2) is 0 Å². The molecule has 0 radical (unpaired) electrons. The quantitative estimate of drug-likeness (QED) is 0.460. The summed E-state index contributed by atoms with van der Waals surface area (Å²) in [4.78, 5) is 0. The third kappa shape index (κ3) is 1.82. The van der Waals surface area contributed by atoms with E-state index < -0.39 is 0 Å². The molecule has 68 valence electrons. The fraction of sp³-hybridized carbons (Fsp3) is 0.571. The largest absolute Gasteiger partial charge is 0.331 e. The third-order valence-corrected chi connectivity index (χ3v) is 2.92. The van der Waals surface area contributed by atoms with Crippen molar-refractivity contribution >= 4 is 37.6 Å². The first-order chi connectivity index (χ1) is 5.70. The lowest BCUT2D eigenvalue weighted by atomic mass is 10.2. The number of hydroxylamine groups is 1. The van der Waals surface area contributed by atoms with Gasteiger partial charge in [0, 0.05) is 18.5 Å². The number of rotatable bonds is 2. The highest BCUT2D eigenvalue weighted by atomic mass is 79.9. The van der Waals surface area contributed by atoms with Gasteiger partial charge in [-0.1, -0.05) is 31.9 Å². The van der Waals surface area contributed by atoms with Gasteiger partial charge in [0.15, 0.2) is 0 Å². The van der Waals surface area contributed by atoms with E-state index in [1.165, 1.54) is 4.74 Å². The Bertz CT molecular complexity index is 238. The van der Waals surface area contributed by atoms with Crippen LogP contribution in [0, 0.1) is 0 Å². The van der Waals surface area contributed by atoms with Crippen molar-refractivity contribution in [3.05, 3.63) is 11.8 Å². The summed E-state index contributed by atoms with van der Waals surface area (Å²) >= 11 is 6.68. The van der Waals surface area contributed by atoms with Crippen molar-refractivity contribution < 1.29 is 9.95 Å². The van der Waals surface area contributed by atoms with Gasteiger partial charge >= 0.3 is 0 Å². The number of hydrogen-bond donors (Lipinski definition) is 2. The molecular formula is C7H11Br2N2O+. The van der Waals surface area contributed by atoms with E-state index in [2.05, 4.69) is 37.2 Å². The molecule has 0 aromatic rings. The van der Waals surface area contributed by atoms with E-state index in [0.29, 0.717) is 5.33 Å². The summed E-state index contributed by atoms with van der Waals surface area (Å²) in [5, 5.41) is 14.0. The standard InChI is InChI=1S/C7H10Br2N2O/c1-5-10-4-6(2-8)7(3-9)11(5)12/h4-5,12H,2-3H2,1H3/p+1. The maximum Gasteiger partial charge on any atom is 0.271 e. The van der Waals surface area contributed by atoms with Crippen LogP contribution in [0.3, 0.4) is 0 Å². The Labute approximate surface area is 88.4 Å². The van der Waals surface area contributed by atoms with E-state index in [1.807, 2.05) is 13.1 Å². The minimum absolute atomic E-state index is 0.0552. The SMILES string of the molecule is CC1NC=C(CBr)C(CBr)=[N+]1O. The second kappa shape index (κ2) is 4.28. The summed E-state index contributed by atoms with van der Waals surface area (Å²) in [7, 11) is 0. The van der Waals surface area contributed by atoms with Crippen molar-refractivity contribution in [2.75, 3.05) is 10.7 Å². The number of nitrogens with zero attached hydrogens (tertiary/aromatic N) is 1. The topological polar surface area (TPSA) is 35.3 Å². The zero-order valence-corrected chi connectivity index (χ0v) is 9.89. The molecule has 1 aliphatic rings. The zero-order chi connectivity index (χ0) is 9.14. The minimum atomic E-state index is -0.0552. The predicted molar refractivity (Wildman–Crippen MR) is 55.3 cm³/mol. The Morgan fingerprint density at radius 1 is 1.58 bits per heavy atom. The number of alkyl halides is 2. The molecule has 0 aromatic carbocycles. The molecule has 0 amide bonds. The maximum atomic E-state index is 9.58. The second-order valence-corrected chi connectivity index (χ2v) is 3.69. The van der Waals surface area contributed by atoms with E-state index in [0.717, 1.165) is 16.6 Å². The van der Waals surface area contributed by atoms with Gasteiger partial charge in [-0.05, 0) is 4.74 Å². The van der Waals surface area contributed by atoms with Crippen molar-refractivity contribution in [1.29, 1.82) is 0 Å². The summed E-state index contributed by atoms with van der Waals surface area (Å²) in [5.74, 6) is 0. The lowest BCUT2D eigenvalue weighted by molar-refractivity contribution is -0.800. The maximum absolute atomic E-state index is 9.58. The average Bonchev–Trinajstić information content (AvgIpc) is 2.09. The molecule has 0 spiro atoms. The Kier molecular flexibility index (Phi) is 3.58.